The molecule has 1 N–H and O–H groups in total. The molecule has 0 bridgehead atoms. The number of rotatable bonds is 2. The second-order valence-electron chi connectivity index (χ2n) is 5.03. The summed E-state index contributed by atoms with van der Waals surface area (Å²) in [5.41, 5.74) is 4.82. The zero-order valence-corrected chi connectivity index (χ0v) is 11.1. The quantitative estimate of drug-likeness (QED) is 0.865. The second kappa shape index (κ2) is 4.71. The lowest BCUT2D eigenvalue weighted by molar-refractivity contribution is 0.229. The van der Waals surface area contributed by atoms with E-state index in [-0.39, 0.29) is 0 Å². The Bertz CT molecular complexity index is 552. The predicted octanol–water partition coefficient (Wildman–Crippen LogP) is 1.36. The van der Waals surface area contributed by atoms with Crippen LogP contribution < -0.4 is 5.32 Å². The molecule has 0 atom stereocenters. The summed E-state index contributed by atoms with van der Waals surface area (Å²) in [6.07, 6.45) is 0. The van der Waals surface area contributed by atoms with Crippen LogP contribution in [0.15, 0.2) is 18.2 Å². The Morgan fingerprint density at radius 2 is 2.00 bits per heavy atom. The molecule has 0 aliphatic carbocycles. The summed E-state index contributed by atoms with van der Waals surface area (Å²) in [6.45, 7) is 9.69. The van der Waals surface area contributed by atoms with E-state index in [4.69, 9.17) is 0 Å². The minimum Gasteiger partial charge on any atom is -0.314 e. The summed E-state index contributed by atoms with van der Waals surface area (Å²) in [4.78, 5) is 7.16. The Morgan fingerprint density at radius 1 is 1.22 bits per heavy atom. The standard InChI is InChI=1S/C14H20N4/c1-11-4-3-5-14-16-12(2)13(18(11)14)10-17-8-6-15-7-9-17/h3-5,15H,6-10H2,1-2H3. The molecule has 96 valence electrons. The van der Waals surface area contributed by atoms with Crippen LogP contribution in [-0.2, 0) is 6.54 Å². The van der Waals surface area contributed by atoms with Crippen LogP contribution in [0.5, 0.6) is 0 Å². The summed E-state index contributed by atoms with van der Waals surface area (Å²) in [5.74, 6) is 0. The van der Waals surface area contributed by atoms with Gasteiger partial charge in [0.1, 0.15) is 5.65 Å². The molecule has 3 heterocycles. The lowest BCUT2D eigenvalue weighted by Gasteiger charge is -2.27. The number of hydrogen-bond donors (Lipinski definition) is 1. The van der Waals surface area contributed by atoms with E-state index in [1.807, 2.05) is 0 Å². The maximum atomic E-state index is 4.66. The SMILES string of the molecule is Cc1nc2cccc(C)n2c1CN1CCNCC1. The molecule has 1 fully saturated rings. The molecule has 1 aliphatic rings. The van der Waals surface area contributed by atoms with Gasteiger partial charge in [-0.15, -0.1) is 0 Å². The number of piperazine rings is 1. The minimum absolute atomic E-state index is 1.000. The molecule has 0 amide bonds. The predicted molar refractivity (Wildman–Crippen MR) is 72.8 cm³/mol. The van der Waals surface area contributed by atoms with Gasteiger partial charge in [-0.25, -0.2) is 4.98 Å². The van der Waals surface area contributed by atoms with Crippen molar-refractivity contribution < 1.29 is 0 Å². The molecule has 3 rings (SSSR count). The molecular weight excluding hydrogens is 224 g/mol. The molecule has 18 heavy (non-hydrogen) atoms. The molecule has 0 spiro atoms. The number of aryl methyl sites for hydroxylation is 2. The van der Waals surface area contributed by atoms with Gasteiger partial charge in [0, 0.05) is 38.4 Å². The van der Waals surface area contributed by atoms with Crippen LogP contribution in [0.4, 0.5) is 0 Å². The van der Waals surface area contributed by atoms with Crippen molar-refractivity contribution in [3.63, 3.8) is 0 Å². The normalized spacial score (nSPS) is 17.4. The topological polar surface area (TPSA) is 32.6 Å². The van der Waals surface area contributed by atoms with Crippen molar-refractivity contribution in [2.45, 2.75) is 20.4 Å². The molecule has 1 saturated heterocycles. The number of hydrogen-bond acceptors (Lipinski definition) is 3. The Hall–Kier alpha value is -1.39. The summed E-state index contributed by atoms with van der Waals surface area (Å²) >= 11 is 0. The van der Waals surface area contributed by atoms with Crippen LogP contribution in [0.1, 0.15) is 17.1 Å². The number of pyridine rings is 1. The van der Waals surface area contributed by atoms with Crippen molar-refractivity contribution in [3.05, 3.63) is 35.3 Å². The van der Waals surface area contributed by atoms with Gasteiger partial charge < -0.3 is 5.32 Å². The fourth-order valence-corrected chi connectivity index (χ4v) is 2.71. The first kappa shape index (κ1) is 11.7. The lowest BCUT2D eigenvalue weighted by Crippen LogP contribution is -2.43. The molecule has 0 saturated carbocycles. The van der Waals surface area contributed by atoms with Gasteiger partial charge in [-0.1, -0.05) is 6.07 Å². The highest BCUT2D eigenvalue weighted by molar-refractivity contribution is 5.44. The van der Waals surface area contributed by atoms with Gasteiger partial charge in [-0.05, 0) is 26.0 Å². The highest BCUT2D eigenvalue weighted by Gasteiger charge is 2.15. The Balaban J connectivity index is 1.97. The van der Waals surface area contributed by atoms with E-state index in [1.165, 1.54) is 11.4 Å². The number of aromatic nitrogens is 2. The largest absolute Gasteiger partial charge is 0.314 e. The Kier molecular flexibility index (Phi) is 3.06. The van der Waals surface area contributed by atoms with Crippen molar-refractivity contribution >= 4 is 5.65 Å². The maximum absolute atomic E-state index is 4.66. The van der Waals surface area contributed by atoms with E-state index < -0.39 is 0 Å². The van der Waals surface area contributed by atoms with Gasteiger partial charge in [0.05, 0.1) is 11.4 Å². The highest BCUT2D eigenvalue weighted by Crippen LogP contribution is 2.16. The van der Waals surface area contributed by atoms with Crippen LogP contribution in [0.25, 0.3) is 5.65 Å². The monoisotopic (exact) mass is 244 g/mol. The molecule has 0 radical (unpaired) electrons. The maximum Gasteiger partial charge on any atom is 0.137 e. The van der Waals surface area contributed by atoms with Crippen LogP contribution in [-0.4, -0.2) is 40.5 Å². The fourth-order valence-electron chi connectivity index (χ4n) is 2.71. The zero-order valence-electron chi connectivity index (χ0n) is 11.1. The second-order valence-corrected chi connectivity index (χ2v) is 5.03. The lowest BCUT2D eigenvalue weighted by atomic mass is 10.2. The van der Waals surface area contributed by atoms with Gasteiger partial charge in [0.25, 0.3) is 0 Å². The van der Waals surface area contributed by atoms with Crippen LogP contribution in [0, 0.1) is 13.8 Å². The van der Waals surface area contributed by atoms with Crippen molar-refractivity contribution in [1.29, 1.82) is 0 Å². The zero-order chi connectivity index (χ0) is 12.5. The Morgan fingerprint density at radius 3 is 2.78 bits per heavy atom. The van der Waals surface area contributed by atoms with Gasteiger partial charge in [0.15, 0.2) is 0 Å². The van der Waals surface area contributed by atoms with Crippen molar-refractivity contribution in [1.82, 2.24) is 19.6 Å². The molecule has 0 unspecified atom stereocenters. The summed E-state index contributed by atoms with van der Waals surface area (Å²) < 4.78 is 2.29. The molecule has 0 aromatic carbocycles. The number of imidazole rings is 1. The van der Waals surface area contributed by atoms with Crippen LogP contribution in [0.3, 0.4) is 0 Å². The number of nitrogens with zero attached hydrogens (tertiary/aromatic N) is 3. The van der Waals surface area contributed by atoms with Crippen molar-refractivity contribution in [2.75, 3.05) is 26.2 Å². The van der Waals surface area contributed by atoms with E-state index in [0.717, 1.165) is 44.1 Å². The summed E-state index contributed by atoms with van der Waals surface area (Å²) in [6, 6.07) is 6.31. The first-order chi connectivity index (χ1) is 8.75. The number of fused-ring (bicyclic) bond motifs is 1. The van der Waals surface area contributed by atoms with Gasteiger partial charge in [0.2, 0.25) is 0 Å². The van der Waals surface area contributed by atoms with Crippen molar-refractivity contribution in [3.8, 4) is 0 Å². The summed E-state index contributed by atoms with van der Waals surface area (Å²) in [5, 5.41) is 3.39. The number of nitrogens with one attached hydrogen (secondary N) is 1. The summed E-state index contributed by atoms with van der Waals surface area (Å²) in [7, 11) is 0. The highest BCUT2D eigenvalue weighted by atomic mass is 15.2. The first-order valence-electron chi connectivity index (χ1n) is 6.62. The molecule has 4 nitrogen and oxygen atoms in total. The molecule has 4 heteroatoms. The van der Waals surface area contributed by atoms with Crippen LogP contribution in [0.2, 0.25) is 0 Å². The average molecular weight is 244 g/mol. The minimum atomic E-state index is 1.000. The van der Waals surface area contributed by atoms with E-state index in [1.54, 1.807) is 0 Å². The third-order valence-corrected chi connectivity index (χ3v) is 3.72. The fraction of sp³-hybridized carbons (Fsp3) is 0.500. The van der Waals surface area contributed by atoms with E-state index in [9.17, 15) is 0 Å². The Labute approximate surface area is 108 Å². The third-order valence-electron chi connectivity index (χ3n) is 3.72. The van der Waals surface area contributed by atoms with E-state index >= 15 is 0 Å². The molecule has 2 aromatic heterocycles. The molecule has 1 aliphatic heterocycles. The smallest absolute Gasteiger partial charge is 0.137 e. The molecular formula is C14H20N4. The first-order valence-corrected chi connectivity index (χ1v) is 6.62. The van der Waals surface area contributed by atoms with Crippen LogP contribution >= 0.6 is 0 Å². The van der Waals surface area contributed by atoms with Gasteiger partial charge in [-0.2, -0.15) is 0 Å². The average Bonchev–Trinajstić information content (AvgIpc) is 2.69. The van der Waals surface area contributed by atoms with Crippen molar-refractivity contribution in [2.24, 2.45) is 0 Å². The van der Waals surface area contributed by atoms with Gasteiger partial charge in [-0.3, -0.25) is 9.30 Å². The third kappa shape index (κ3) is 2.02. The van der Waals surface area contributed by atoms with E-state index in [0.29, 0.717) is 0 Å². The van der Waals surface area contributed by atoms with E-state index in [2.05, 4.69) is 51.6 Å². The van der Waals surface area contributed by atoms with Gasteiger partial charge >= 0.3 is 0 Å². The molecule has 2 aromatic rings.